The Balaban J connectivity index is 2.22. The van der Waals surface area contributed by atoms with Gasteiger partial charge in [0.2, 0.25) is 11.7 Å². The van der Waals surface area contributed by atoms with Gasteiger partial charge in [0.15, 0.2) is 6.61 Å². The van der Waals surface area contributed by atoms with E-state index in [4.69, 9.17) is 9.47 Å². The van der Waals surface area contributed by atoms with Gasteiger partial charge < -0.3 is 19.7 Å². The number of carbonyl (C=O) groups is 2. The first-order valence-electron chi connectivity index (χ1n) is 10.6. The monoisotopic (exact) mass is 461 g/mol. The van der Waals surface area contributed by atoms with E-state index < -0.39 is 29.3 Å². The summed E-state index contributed by atoms with van der Waals surface area (Å²) in [7, 11) is 1.29. The van der Waals surface area contributed by atoms with Crippen LogP contribution in [0.1, 0.15) is 32.3 Å². The predicted molar refractivity (Wildman–Crippen MR) is 119 cm³/mol. The molecular weight excluding hydrogens is 433 g/mol. The first kappa shape index (κ1) is 25.6. The van der Waals surface area contributed by atoms with Gasteiger partial charge in [-0.1, -0.05) is 26.0 Å². The van der Waals surface area contributed by atoms with Crippen molar-refractivity contribution in [3.8, 4) is 11.5 Å². The van der Waals surface area contributed by atoms with Gasteiger partial charge in [0, 0.05) is 25.2 Å². The van der Waals surface area contributed by atoms with E-state index in [1.807, 2.05) is 6.92 Å². The summed E-state index contributed by atoms with van der Waals surface area (Å²) in [5, 5.41) is 13.9. The van der Waals surface area contributed by atoms with Crippen LogP contribution in [0.15, 0.2) is 42.5 Å². The topological polar surface area (TPSA) is 111 Å². The molecule has 2 aromatic rings. The molecule has 33 heavy (non-hydrogen) atoms. The first-order chi connectivity index (χ1) is 15.8. The van der Waals surface area contributed by atoms with Gasteiger partial charge in [-0.3, -0.25) is 19.7 Å². The Morgan fingerprint density at radius 3 is 2.45 bits per heavy atom. The molecule has 0 aliphatic carbocycles. The summed E-state index contributed by atoms with van der Waals surface area (Å²) in [4.78, 5) is 37.7. The number of nitro benzene ring substituents is 1. The van der Waals surface area contributed by atoms with Gasteiger partial charge in [0.25, 0.3) is 5.91 Å². The lowest BCUT2D eigenvalue weighted by atomic mass is 10.1. The minimum absolute atomic E-state index is 0.00139. The molecule has 178 valence electrons. The highest BCUT2D eigenvalue weighted by Crippen LogP contribution is 2.30. The highest BCUT2D eigenvalue weighted by Gasteiger charge is 2.29. The number of nitrogens with zero attached hydrogens (tertiary/aromatic N) is 2. The number of nitro groups is 1. The summed E-state index contributed by atoms with van der Waals surface area (Å²) in [6.07, 6.45) is 1.12. The molecule has 0 aliphatic rings. The Bertz CT molecular complexity index is 967. The minimum Gasteiger partial charge on any atom is -0.490 e. The molecule has 0 unspecified atom stereocenters. The molecule has 0 saturated heterocycles. The molecular formula is C23H28FN3O6. The fraction of sp³-hybridized carbons (Fsp3) is 0.391. The quantitative estimate of drug-likeness (QED) is 0.383. The van der Waals surface area contributed by atoms with Crippen LogP contribution in [-0.4, -0.2) is 47.9 Å². The molecule has 2 rings (SSSR count). The smallest absolute Gasteiger partial charge is 0.311 e. The molecule has 2 aromatic carbocycles. The summed E-state index contributed by atoms with van der Waals surface area (Å²) in [5.41, 5.74) is 0.427. The van der Waals surface area contributed by atoms with Gasteiger partial charge in [-0.05, 0) is 36.6 Å². The van der Waals surface area contributed by atoms with Gasteiger partial charge in [0.05, 0.1) is 12.0 Å². The summed E-state index contributed by atoms with van der Waals surface area (Å²) in [6.45, 7) is 3.88. The van der Waals surface area contributed by atoms with Crippen LogP contribution in [0.5, 0.6) is 11.5 Å². The molecule has 10 heteroatoms. The number of carbonyl (C=O) groups excluding carboxylic acids is 2. The number of amides is 2. The molecule has 0 fully saturated rings. The molecule has 0 radical (unpaired) electrons. The number of hydrogen-bond acceptors (Lipinski definition) is 6. The average molecular weight is 461 g/mol. The number of rotatable bonds is 12. The van der Waals surface area contributed by atoms with Crippen LogP contribution in [0, 0.1) is 15.9 Å². The molecule has 0 saturated carbocycles. The van der Waals surface area contributed by atoms with Crippen molar-refractivity contribution in [1.82, 2.24) is 10.2 Å². The maximum atomic E-state index is 13.3. The lowest BCUT2D eigenvalue weighted by Crippen LogP contribution is -2.50. The van der Waals surface area contributed by atoms with E-state index in [9.17, 15) is 24.1 Å². The Morgan fingerprint density at radius 2 is 1.88 bits per heavy atom. The molecule has 0 aromatic heterocycles. The number of methoxy groups -OCH3 is 1. The van der Waals surface area contributed by atoms with Crippen molar-refractivity contribution in [2.45, 2.75) is 39.3 Å². The molecule has 0 heterocycles. The second kappa shape index (κ2) is 12.4. The van der Waals surface area contributed by atoms with E-state index in [1.54, 1.807) is 19.1 Å². The molecule has 0 spiro atoms. The third-order valence-electron chi connectivity index (χ3n) is 4.91. The van der Waals surface area contributed by atoms with Crippen molar-refractivity contribution in [3.05, 3.63) is 64.0 Å². The lowest BCUT2D eigenvalue weighted by Gasteiger charge is -2.30. The SMILES string of the molecule is CCCNC(=O)[C@@H](CC)N(Cc1ccc(F)cc1)C(=O)COc1ccc([N+](=O)[O-])c(OC)c1. The standard InChI is InChI=1S/C23H28FN3O6/c1-4-12-25-23(29)19(5-2)26(14-16-6-8-17(24)9-7-16)22(28)15-33-18-10-11-20(27(30)31)21(13-18)32-3/h6-11,13,19H,4-5,12,14-15H2,1-3H3,(H,25,29)/t19-/m1/s1. The zero-order chi connectivity index (χ0) is 24.4. The number of benzene rings is 2. The fourth-order valence-corrected chi connectivity index (χ4v) is 3.20. The van der Waals surface area contributed by atoms with Gasteiger partial charge in [-0.25, -0.2) is 4.39 Å². The third kappa shape index (κ3) is 7.16. The van der Waals surface area contributed by atoms with Crippen LogP contribution in [-0.2, 0) is 16.1 Å². The zero-order valence-electron chi connectivity index (χ0n) is 18.9. The molecule has 2 amide bonds. The number of nitrogens with one attached hydrogen (secondary N) is 1. The largest absolute Gasteiger partial charge is 0.490 e. The van der Waals surface area contributed by atoms with Crippen LogP contribution >= 0.6 is 0 Å². The van der Waals surface area contributed by atoms with Crippen molar-refractivity contribution in [3.63, 3.8) is 0 Å². The Hall–Kier alpha value is -3.69. The van der Waals surface area contributed by atoms with E-state index >= 15 is 0 Å². The molecule has 1 N–H and O–H groups in total. The van der Waals surface area contributed by atoms with Crippen LogP contribution in [0.2, 0.25) is 0 Å². The highest BCUT2D eigenvalue weighted by atomic mass is 19.1. The normalized spacial score (nSPS) is 11.4. The van der Waals surface area contributed by atoms with E-state index in [0.29, 0.717) is 18.5 Å². The molecule has 0 bridgehead atoms. The maximum Gasteiger partial charge on any atom is 0.311 e. The van der Waals surface area contributed by atoms with Crippen molar-refractivity contribution < 1.29 is 28.4 Å². The van der Waals surface area contributed by atoms with Crippen LogP contribution in [0.25, 0.3) is 0 Å². The molecule has 9 nitrogen and oxygen atoms in total. The summed E-state index contributed by atoms with van der Waals surface area (Å²) >= 11 is 0. The van der Waals surface area contributed by atoms with E-state index in [0.717, 1.165) is 6.42 Å². The second-order valence-corrected chi connectivity index (χ2v) is 7.24. The maximum absolute atomic E-state index is 13.3. The minimum atomic E-state index is -0.746. The van der Waals surface area contributed by atoms with E-state index in [1.165, 1.54) is 42.3 Å². The third-order valence-corrected chi connectivity index (χ3v) is 4.91. The van der Waals surface area contributed by atoms with E-state index in [-0.39, 0.29) is 29.6 Å². The van der Waals surface area contributed by atoms with Gasteiger partial charge >= 0.3 is 5.69 Å². The van der Waals surface area contributed by atoms with Crippen molar-refractivity contribution >= 4 is 17.5 Å². The predicted octanol–water partition coefficient (Wildman–Crippen LogP) is 3.45. The lowest BCUT2D eigenvalue weighted by molar-refractivity contribution is -0.385. The van der Waals surface area contributed by atoms with Crippen molar-refractivity contribution in [2.75, 3.05) is 20.3 Å². The average Bonchev–Trinajstić information content (AvgIpc) is 2.81. The second-order valence-electron chi connectivity index (χ2n) is 7.24. The summed E-state index contributed by atoms with van der Waals surface area (Å²) < 4.78 is 23.9. The van der Waals surface area contributed by atoms with Crippen molar-refractivity contribution in [2.24, 2.45) is 0 Å². The fourth-order valence-electron chi connectivity index (χ4n) is 3.20. The number of halogens is 1. The number of hydrogen-bond donors (Lipinski definition) is 1. The number of ether oxygens (including phenoxy) is 2. The van der Waals surface area contributed by atoms with Crippen LogP contribution in [0.4, 0.5) is 10.1 Å². The highest BCUT2D eigenvalue weighted by molar-refractivity contribution is 5.88. The van der Waals surface area contributed by atoms with Gasteiger partial charge in [-0.15, -0.1) is 0 Å². The van der Waals surface area contributed by atoms with Crippen molar-refractivity contribution in [1.29, 1.82) is 0 Å². The van der Waals surface area contributed by atoms with Crippen LogP contribution in [0.3, 0.4) is 0 Å². The molecule has 0 aliphatic heterocycles. The summed E-state index contributed by atoms with van der Waals surface area (Å²) in [5.74, 6) is -0.948. The Morgan fingerprint density at radius 1 is 1.18 bits per heavy atom. The van der Waals surface area contributed by atoms with Crippen LogP contribution < -0.4 is 14.8 Å². The Kier molecular flexibility index (Phi) is 9.59. The Labute approximate surface area is 191 Å². The zero-order valence-corrected chi connectivity index (χ0v) is 18.9. The molecule has 1 atom stereocenters. The van der Waals surface area contributed by atoms with Gasteiger partial charge in [0.1, 0.15) is 17.6 Å². The summed E-state index contributed by atoms with van der Waals surface area (Å²) in [6, 6.07) is 8.84. The van der Waals surface area contributed by atoms with Gasteiger partial charge in [-0.2, -0.15) is 0 Å². The first-order valence-corrected chi connectivity index (χ1v) is 10.6. The van der Waals surface area contributed by atoms with E-state index in [2.05, 4.69) is 5.32 Å².